The summed E-state index contributed by atoms with van der Waals surface area (Å²) in [6.45, 7) is 3.19. The number of carbonyl (C=O) groups is 2. The molecule has 1 heterocycles. The average molecular weight is 409 g/mol. The van der Waals surface area contributed by atoms with Crippen LogP contribution in [0.4, 0.5) is 0 Å². The summed E-state index contributed by atoms with van der Waals surface area (Å²) < 4.78 is 12.0. The summed E-state index contributed by atoms with van der Waals surface area (Å²) >= 11 is 0. The van der Waals surface area contributed by atoms with Gasteiger partial charge in [0.25, 0.3) is 0 Å². The summed E-state index contributed by atoms with van der Waals surface area (Å²) in [6.07, 6.45) is 15.0. The highest BCUT2D eigenvalue weighted by molar-refractivity contribution is 5.66. The summed E-state index contributed by atoms with van der Waals surface area (Å²) in [6, 6.07) is 0. The van der Waals surface area contributed by atoms with Crippen molar-refractivity contribution in [2.45, 2.75) is 76.6 Å². The second kappa shape index (κ2) is 12.3. The van der Waals surface area contributed by atoms with E-state index in [-0.39, 0.29) is 24.2 Å². The largest absolute Gasteiger partial charge is 0.481 e. The first kappa shape index (κ1) is 23.8. The Morgan fingerprint density at radius 1 is 1.21 bits per heavy atom. The van der Waals surface area contributed by atoms with E-state index in [0.717, 1.165) is 32.0 Å². The van der Waals surface area contributed by atoms with Crippen LogP contribution in [0, 0.1) is 17.8 Å². The number of carbonyl (C=O) groups excluding carboxylic acids is 1. The van der Waals surface area contributed by atoms with E-state index in [1.165, 1.54) is 0 Å². The van der Waals surface area contributed by atoms with Crippen LogP contribution in [0.3, 0.4) is 0 Å². The van der Waals surface area contributed by atoms with Crippen molar-refractivity contribution in [1.82, 2.24) is 0 Å². The molecule has 0 aromatic rings. The standard InChI is InChI=1S/C23H36O6/c1-2-3-6-9-19(25)12-13-20-18(17-24)16-23(28-14-15-29-23)21(20)10-7-4-5-8-11-22(26)27/h4,7,12-13,17-21,25H,2-3,5-6,8-11,14-16H2,1H3,(H,26,27). The number of ether oxygens (including phenoxy) is 2. The van der Waals surface area contributed by atoms with Gasteiger partial charge < -0.3 is 24.5 Å². The highest BCUT2D eigenvalue weighted by Gasteiger charge is 2.55. The number of hydrogen-bond donors (Lipinski definition) is 2. The first-order valence-corrected chi connectivity index (χ1v) is 11.0. The lowest BCUT2D eigenvalue weighted by atomic mass is 9.85. The lowest BCUT2D eigenvalue weighted by Gasteiger charge is -2.30. The zero-order valence-corrected chi connectivity index (χ0v) is 17.5. The number of carboxylic acids is 1. The number of aldehydes is 1. The normalized spacial score (nSPS) is 27.3. The topological polar surface area (TPSA) is 93.1 Å². The zero-order chi connectivity index (χ0) is 21.1. The van der Waals surface area contributed by atoms with E-state index in [1.54, 1.807) is 0 Å². The first-order valence-electron chi connectivity index (χ1n) is 11.0. The fourth-order valence-corrected chi connectivity index (χ4v) is 4.45. The number of aliphatic hydroxyl groups is 1. The summed E-state index contributed by atoms with van der Waals surface area (Å²) in [7, 11) is 0. The van der Waals surface area contributed by atoms with Crippen LogP contribution >= 0.6 is 0 Å². The minimum absolute atomic E-state index is 0.00462. The van der Waals surface area contributed by atoms with Crippen LogP contribution in [0.25, 0.3) is 0 Å². The molecule has 2 N–H and O–H groups in total. The van der Waals surface area contributed by atoms with Crippen LogP contribution in [-0.2, 0) is 19.1 Å². The molecule has 4 atom stereocenters. The van der Waals surface area contributed by atoms with E-state index in [1.807, 2.05) is 24.3 Å². The molecule has 1 saturated heterocycles. The van der Waals surface area contributed by atoms with Gasteiger partial charge in [-0.2, -0.15) is 0 Å². The fourth-order valence-electron chi connectivity index (χ4n) is 4.45. The highest BCUT2D eigenvalue weighted by atomic mass is 16.7. The Morgan fingerprint density at radius 2 is 1.97 bits per heavy atom. The lowest BCUT2D eigenvalue weighted by Crippen LogP contribution is -2.36. The monoisotopic (exact) mass is 408 g/mol. The third-order valence-corrected chi connectivity index (χ3v) is 5.97. The number of aliphatic carboxylic acids is 1. The SMILES string of the molecule is CCCCCC(O)C=CC1C(C=O)CC2(OCCO2)C1CC=CCCCC(=O)O. The van der Waals surface area contributed by atoms with Gasteiger partial charge in [-0.1, -0.05) is 50.5 Å². The Hall–Kier alpha value is -1.50. The smallest absolute Gasteiger partial charge is 0.303 e. The third kappa shape index (κ3) is 7.05. The molecule has 2 aliphatic rings. The number of unbranched alkanes of at least 4 members (excludes halogenated alkanes) is 3. The van der Waals surface area contributed by atoms with Crippen molar-refractivity contribution in [3.05, 3.63) is 24.3 Å². The lowest BCUT2D eigenvalue weighted by molar-refractivity contribution is -0.184. The number of hydrogen-bond acceptors (Lipinski definition) is 5. The summed E-state index contributed by atoms with van der Waals surface area (Å²) in [5.41, 5.74) is 0. The van der Waals surface area contributed by atoms with E-state index >= 15 is 0 Å². The molecule has 0 amide bonds. The van der Waals surface area contributed by atoms with Crippen LogP contribution in [0.1, 0.15) is 64.7 Å². The predicted molar refractivity (Wildman–Crippen MR) is 110 cm³/mol. The molecule has 6 heteroatoms. The van der Waals surface area contributed by atoms with Gasteiger partial charge in [-0.3, -0.25) is 4.79 Å². The summed E-state index contributed by atoms with van der Waals surface area (Å²) in [5, 5.41) is 19.0. The highest BCUT2D eigenvalue weighted by Crippen LogP contribution is 2.50. The fraction of sp³-hybridized carbons (Fsp3) is 0.739. The van der Waals surface area contributed by atoms with Crippen molar-refractivity contribution in [1.29, 1.82) is 0 Å². The van der Waals surface area contributed by atoms with Crippen molar-refractivity contribution in [3.8, 4) is 0 Å². The van der Waals surface area contributed by atoms with Crippen LogP contribution in [-0.4, -0.2) is 47.6 Å². The Bertz CT molecular complexity index is 564. The molecular weight excluding hydrogens is 372 g/mol. The van der Waals surface area contributed by atoms with E-state index in [2.05, 4.69) is 6.92 Å². The molecule has 1 saturated carbocycles. The maximum absolute atomic E-state index is 11.8. The Labute approximate surface area is 174 Å². The predicted octanol–water partition coefficient (Wildman–Crippen LogP) is 3.88. The molecule has 4 unspecified atom stereocenters. The molecular formula is C23H36O6. The molecule has 0 aromatic heterocycles. The molecule has 0 aromatic carbocycles. The van der Waals surface area contributed by atoms with Gasteiger partial charge in [0.05, 0.1) is 19.3 Å². The van der Waals surface area contributed by atoms with E-state index in [0.29, 0.717) is 38.9 Å². The quantitative estimate of drug-likeness (QED) is 0.273. The zero-order valence-electron chi connectivity index (χ0n) is 17.5. The third-order valence-electron chi connectivity index (χ3n) is 5.97. The summed E-state index contributed by atoms with van der Waals surface area (Å²) in [5.74, 6) is -1.76. The van der Waals surface area contributed by atoms with Gasteiger partial charge in [-0.05, 0) is 31.6 Å². The summed E-state index contributed by atoms with van der Waals surface area (Å²) in [4.78, 5) is 22.4. The molecule has 1 spiro atoms. The first-order chi connectivity index (χ1) is 14.0. The Morgan fingerprint density at radius 3 is 2.62 bits per heavy atom. The van der Waals surface area contributed by atoms with Gasteiger partial charge in [0.15, 0.2) is 5.79 Å². The Balaban J connectivity index is 2.03. The van der Waals surface area contributed by atoms with Gasteiger partial charge in [-0.15, -0.1) is 0 Å². The second-order valence-corrected chi connectivity index (χ2v) is 8.14. The molecule has 164 valence electrons. The minimum Gasteiger partial charge on any atom is -0.481 e. The Kier molecular flexibility index (Phi) is 10.0. The van der Waals surface area contributed by atoms with E-state index < -0.39 is 17.9 Å². The van der Waals surface area contributed by atoms with Crippen LogP contribution < -0.4 is 0 Å². The van der Waals surface area contributed by atoms with Crippen molar-refractivity contribution < 1.29 is 29.3 Å². The molecule has 2 fully saturated rings. The number of carboxylic acid groups (broad SMARTS) is 1. The van der Waals surface area contributed by atoms with Crippen LogP contribution in [0.5, 0.6) is 0 Å². The molecule has 6 nitrogen and oxygen atoms in total. The van der Waals surface area contributed by atoms with Crippen molar-refractivity contribution in [2.24, 2.45) is 17.8 Å². The van der Waals surface area contributed by atoms with Crippen molar-refractivity contribution >= 4 is 12.3 Å². The van der Waals surface area contributed by atoms with Gasteiger partial charge in [0, 0.05) is 24.7 Å². The number of rotatable bonds is 13. The van der Waals surface area contributed by atoms with Crippen LogP contribution in [0.2, 0.25) is 0 Å². The van der Waals surface area contributed by atoms with Crippen LogP contribution in [0.15, 0.2) is 24.3 Å². The van der Waals surface area contributed by atoms with Crippen molar-refractivity contribution in [3.63, 3.8) is 0 Å². The minimum atomic E-state index is -0.780. The van der Waals surface area contributed by atoms with Gasteiger partial charge >= 0.3 is 5.97 Å². The second-order valence-electron chi connectivity index (χ2n) is 8.14. The van der Waals surface area contributed by atoms with E-state index in [4.69, 9.17) is 14.6 Å². The number of aliphatic hydroxyl groups excluding tert-OH is 1. The molecule has 1 aliphatic carbocycles. The molecule has 0 bridgehead atoms. The molecule has 1 aliphatic heterocycles. The number of allylic oxidation sites excluding steroid dienone is 3. The van der Waals surface area contributed by atoms with Gasteiger partial charge in [-0.25, -0.2) is 0 Å². The molecule has 2 rings (SSSR count). The maximum atomic E-state index is 11.8. The molecule has 29 heavy (non-hydrogen) atoms. The van der Waals surface area contributed by atoms with E-state index in [9.17, 15) is 14.7 Å². The average Bonchev–Trinajstić information content (AvgIpc) is 3.28. The van der Waals surface area contributed by atoms with Crippen molar-refractivity contribution in [2.75, 3.05) is 13.2 Å². The maximum Gasteiger partial charge on any atom is 0.303 e. The van der Waals surface area contributed by atoms with Gasteiger partial charge in [0.1, 0.15) is 6.29 Å². The van der Waals surface area contributed by atoms with Gasteiger partial charge in [0.2, 0.25) is 0 Å². The molecule has 0 radical (unpaired) electrons.